The molecule has 1 aromatic heterocycles. The number of aromatic carboxylic acids is 1. The average Bonchev–Trinajstić information content (AvgIpc) is 1.88. The van der Waals surface area contributed by atoms with Crippen LogP contribution < -0.4 is 0 Å². The molecule has 11 heavy (non-hydrogen) atoms. The molecule has 0 aromatic carbocycles. The molecular weight excluding hydrogens is 195 g/mol. The predicted molar refractivity (Wildman–Crippen MR) is 35.9 cm³/mol. The molecule has 4 heteroatoms. The van der Waals surface area contributed by atoms with Gasteiger partial charge in [-0.25, -0.2) is 9.78 Å². The maximum Gasteiger partial charge on any atom is 0.354 e. The van der Waals surface area contributed by atoms with E-state index in [2.05, 4.69) is 4.98 Å². The van der Waals surface area contributed by atoms with E-state index in [0.717, 1.165) is 0 Å². The summed E-state index contributed by atoms with van der Waals surface area (Å²) < 4.78 is 0. The van der Waals surface area contributed by atoms with E-state index in [1.54, 1.807) is 19.1 Å². The summed E-state index contributed by atoms with van der Waals surface area (Å²) in [7, 11) is 0. The van der Waals surface area contributed by atoms with Gasteiger partial charge in [0.1, 0.15) is 0 Å². The van der Waals surface area contributed by atoms with Crippen LogP contribution in [0.5, 0.6) is 0 Å². The summed E-state index contributed by atoms with van der Waals surface area (Å²) in [5.41, 5.74) is 0.817. The van der Waals surface area contributed by atoms with Crippen LogP contribution >= 0.6 is 0 Å². The Morgan fingerprint density at radius 2 is 2.27 bits per heavy atom. The van der Waals surface area contributed by atoms with E-state index >= 15 is 0 Å². The molecule has 0 aliphatic rings. The zero-order chi connectivity index (χ0) is 7.56. The monoisotopic (exact) mass is 201 g/mol. The van der Waals surface area contributed by atoms with Crippen molar-refractivity contribution in [2.45, 2.75) is 6.92 Å². The number of carboxylic acids is 1. The molecule has 1 rings (SSSR count). The molecule has 1 heterocycles. The van der Waals surface area contributed by atoms with Gasteiger partial charge in [0.2, 0.25) is 0 Å². The van der Waals surface area contributed by atoms with E-state index in [1.807, 2.05) is 0 Å². The van der Waals surface area contributed by atoms with Gasteiger partial charge >= 0.3 is 5.97 Å². The molecule has 54 valence electrons. The number of hydrogen-bond donors (Lipinski definition) is 1. The van der Waals surface area contributed by atoms with Gasteiger partial charge in [0, 0.05) is 25.7 Å². The maximum absolute atomic E-state index is 10.4. The molecule has 0 aliphatic heterocycles. The largest absolute Gasteiger partial charge is 0.477 e. The van der Waals surface area contributed by atoms with Crippen LogP contribution in [0.1, 0.15) is 16.1 Å². The Morgan fingerprint density at radius 3 is 2.64 bits per heavy atom. The molecule has 1 N–H and O–H groups in total. The number of carbonyl (C=O) groups is 1. The summed E-state index contributed by atoms with van der Waals surface area (Å²) in [5.74, 6) is -0.974. The topological polar surface area (TPSA) is 50.2 Å². The van der Waals surface area contributed by atoms with Crippen LogP contribution in [-0.2, 0) is 19.5 Å². The second kappa shape index (κ2) is 4.19. The Bertz CT molecular complexity index is 262. The van der Waals surface area contributed by atoms with Gasteiger partial charge in [0.25, 0.3) is 0 Å². The second-order valence-electron chi connectivity index (χ2n) is 1.97. The van der Waals surface area contributed by atoms with Crippen LogP contribution in [0.25, 0.3) is 0 Å². The molecule has 0 spiro atoms. The molecule has 3 nitrogen and oxygen atoms in total. The van der Waals surface area contributed by atoms with Crippen LogP contribution in [-0.4, -0.2) is 16.1 Å². The summed E-state index contributed by atoms with van der Waals surface area (Å²) in [6.07, 6.45) is 1.47. The fourth-order valence-corrected chi connectivity index (χ4v) is 0.710. The Balaban J connectivity index is 0.000001000. The van der Waals surface area contributed by atoms with Crippen molar-refractivity contribution in [1.82, 2.24) is 4.98 Å². The molecule has 0 bridgehead atoms. The minimum atomic E-state index is -0.974. The van der Waals surface area contributed by atoms with E-state index in [0.29, 0.717) is 5.56 Å². The molecule has 0 unspecified atom stereocenters. The Hall–Kier alpha value is -0.757. The summed E-state index contributed by atoms with van der Waals surface area (Å²) in [6, 6.07) is 3.43. The molecule has 0 amide bonds. The van der Waals surface area contributed by atoms with Crippen LogP contribution in [0.3, 0.4) is 0 Å². The zero-order valence-corrected chi connectivity index (χ0v) is 9.21. The van der Waals surface area contributed by atoms with Crippen molar-refractivity contribution in [1.29, 1.82) is 0 Å². The van der Waals surface area contributed by atoms with E-state index in [1.165, 1.54) is 6.20 Å². The first kappa shape index (κ1) is 10.2. The van der Waals surface area contributed by atoms with Crippen molar-refractivity contribution in [2.24, 2.45) is 0 Å². The smallest absolute Gasteiger partial charge is 0.354 e. The van der Waals surface area contributed by atoms with Crippen molar-refractivity contribution >= 4 is 5.97 Å². The Kier molecular flexibility index (Phi) is 3.90. The van der Waals surface area contributed by atoms with Crippen LogP contribution in [0, 0.1) is 6.92 Å². The van der Waals surface area contributed by atoms with Crippen molar-refractivity contribution in [2.75, 3.05) is 0 Å². The van der Waals surface area contributed by atoms with Crippen LogP contribution in [0.15, 0.2) is 18.3 Å². The third-order valence-corrected chi connectivity index (χ3v) is 1.21. The molecule has 0 aliphatic carbocycles. The Labute approximate surface area is 77.2 Å². The number of aryl methyl sites for hydroxylation is 1. The van der Waals surface area contributed by atoms with Crippen LogP contribution in [0.4, 0.5) is 0 Å². The molecule has 0 atom stereocenters. The summed E-state index contributed by atoms with van der Waals surface area (Å²) >= 11 is 0. The third-order valence-electron chi connectivity index (χ3n) is 1.21. The number of nitrogens with zero attached hydrogens (tertiary/aromatic N) is 1. The first-order valence-corrected chi connectivity index (χ1v) is 2.86. The number of hydrogen-bond acceptors (Lipinski definition) is 2. The van der Waals surface area contributed by atoms with Crippen LogP contribution in [0.2, 0.25) is 0 Å². The van der Waals surface area contributed by atoms with Gasteiger partial charge in [-0.2, -0.15) is 0 Å². The predicted octanol–water partition coefficient (Wildman–Crippen LogP) is 1.09. The van der Waals surface area contributed by atoms with Gasteiger partial charge in [-0.05, 0) is 18.6 Å². The van der Waals surface area contributed by atoms with Crippen molar-refractivity contribution < 1.29 is 29.4 Å². The third kappa shape index (κ3) is 2.39. The summed E-state index contributed by atoms with van der Waals surface area (Å²) in [6.45, 7) is 1.72. The fourth-order valence-electron chi connectivity index (χ4n) is 0.710. The minimum absolute atomic E-state index is 0. The van der Waals surface area contributed by atoms with Gasteiger partial charge in [0.15, 0.2) is 5.69 Å². The number of carboxylic acid groups (broad SMARTS) is 1. The summed E-state index contributed by atoms with van der Waals surface area (Å²) in [4.78, 5) is 14.0. The molecule has 1 aromatic rings. The average molecular weight is 203 g/mol. The standard InChI is InChI=1S/C7H7NO2.Zn/c1-5-3-2-4-8-6(5)7(9)10;/h2-4H,1H3,(H,9,10);. The molecule has 0 fully saturated rings. The van der Waals surface area contributed by atoms with E-state index in [9.17, 15) is 4.79 Å². The number of pyridine rings is 1. The fraction of sp³-hybridized carbons (Fsp3) is 0.143. The Morgan fingerprint density at radius 1 is 1.64 bits per heavy atom. The molecule has 0 radical (unpaired) electrons. The first-order valence-electron chi connectivity index (χ1n) is 2.86. The zero-order valence-electron chi connectivity index (χ0n) is 6.24. The molecular formula is C7H7NO2Zn. The normalized spacial score (nSPS) is 8.45. The van der Waals surface area contributed by atoms with Gasteiger partial charge < -0.3 is 5.11 Å². The van der Waals surface area contributed by atoms with E-state index in [-0.39, 0.29) is 25.2 Å². The van der Waals surface area contributed by atoms with Gasteiger partial charge in [-0.15, -0.1) is 0 Å². The second-order valence-corrected chi connectivity index (χ2v) is 1.97. The van der Waals surface area contributed by atoms with E-state index < -0.39 is 5.97 Å². The van der Waals surface area contributed by atoms with Gasteiger partial charge in [-0.3, -0.25) is 0 Å². The van der Waals surface area contributed by atoms with Crippen molar-refractivity contribution in [3.8, 4) is 0 Å². The quantitative estimate of drug-likeness (QED) is 0.694. The van der Waals surface area contributed by atoms with Crippen molar-refractivity contribution in [3.63, 3.8) is 0 Å². The van der Waals surface area contributed by atoms with E-state index in [4.69, 9.17) is 5.11 Å². The first-order chi connectivity index (χ1) is 4.72. The summed E-state index contributed by atoms with van der Waals surface area (Å²) in [5, 5.41) is 8.50. The number of rotatable bonds is 1. The number of aromatic nitrogens is 1. The molecule has 0 saturated heterocycles. The SMILES string of the molecule is Cc1cccnc1C(=O)O.[Zn]. The molecule has 0 saturated carbocycles. The minimum Gasteiger partial charge on any atom is -0.477 e. The van der Waals surface area contributed by atoms with Gasteiger partial charge in [-0.1, -0.05) is 6.07 Å². The maximum atomic E-state index is 10.4. The van der Waals surface area contributed by atoms with Gasteiger partial charge in [0.05, 0.1) is 0 Å². The van der Waals surface area contributed by atoms with Crippen molar-refractivity contribution in [3.05, 3.63) is 29.6 Å².